The van der Waals surface area contributed by atoms with Crippen molar-refractivity contribution in [2.75, 3.05) is 6.79 Å². The summed E-state index contributed by atoms with van der Waals surface area (Å²) in [5.41, 5.74) is 1.76. The lowest BCUT2D eigenvalue weighted by atomic mass is 10.2. The van der Waals surface area contributed by atoms with Gasteiger partial charge in [-0.1, -0.05) is 18.2 Å². The maximum Gasteiger partial charge on any atom is 0.315 e. The molecule has 0 atom stereocenters. The molecule has 114 valence electrons. The van der Waals surface area contributed by atoms with E-state index in [1.807, 2.05) is 24.3 Å². The van der Waals surface area contributed by atoms with Gasteiger partial charge in [-0.3, -0.25) is 0 Å². The zero-order chi connectivity index (χ0) is 15.4. The topological polar surface area (TPSA) is 79.8 Å². The third-order valence-corrected chi connectivity index (χ3v) is 3.25. The monoisotopic (exact) mass is 300 g/mol. The van der Waals surface area contributed by atoms with Crippen molar-refractivity contribution in [2.24, 2.45) is 0 Å². The number of urea groups is 1. The number of amides is 2. The Morgan fingerprint density at radius 1 is 1.00 bits per heavy atom. The van der Waals surface area contributed by atoms with Crippen LogP contribution in [0.5, 0.6) is 17.2 Å². The smallest absolute Gasteiger partial charge is 0.315 e. The summed E-state index contributed by atoms with van der Waals surface area (Å²) in [4.78, 5) is 11.8. The van der Waals surface area contributed by atoms with Crippen LogP contribution in [0, 0.1) is 0 Å². The minimum atomic E-state index is -0.277. The van der Waals surface area contributed by atoms with Gasteiger partial charge in [-0.05, 0) is 35.4 Å². The average molecular weight is 300 g/mol. The van der Waals surface area contributed by atoms with E-state index in [2.05, 4.69) is 10.6 Å². The second-order valence-electron chi connectivity index (χ2n) is 4.89. The van der Waals surface area contributed by atoms with Crippen LogP contribution in [0.15, 0.2) is 42.5 Å². The quantitative estimate of drug-likeness (QED) is 0.808. The lowest BCUT2D eigenvalue weighted by Crippen LogP contribution is -2.34. The van der Waals surface area contributed by atoms with Gasteiger partial charge in [0.05, 0.1) is 0 Å². The number of carbonyl (C=O) groups excluding carboxylic acids is 1. The number of phenols is 1. The molecule has 0 aliphatic carbocycles. The first-order valence-corrected chi connectivity index (χ1v) is 6.89. The van der Waals surface area contributed by atoms with E-state index in [4.69, 9.17) is 9.47 Å². The number of ether oxygens (including phenoxy) is 2. The highest BCUT2D eigenvalue weighted by Gasteiger charge is 2.13. The van der Waals surface area contributed by atoms with Crippen molar-refractivity contribution in [3.63, 3.8) is 0 Å². The molecule has 1 heterocycles. The molecule has 1 aliphatic heterocycles. The van der Waals surface area contributed by atoms with Crippen molar-refractivity contribution < 1.29 is 19.4 Å². The van der Waals surface area contributed by atoms with Crippen molar-refractivity contribution >= 4 is 6.03 Å². The van der Waals surface area contributed by atoms with Gasteiger partial charge in [0.2, 0.25) is 6.79 Å². The van der Waals surface area contributed by atoms with Crippen LogP contribution in [0.25, 0.3) is 0 Å². The molecule has 3 rings (SSSR count). The summed E-state index contributed by atoms with van der Waals surface area (Å²) in [7, 11) is 0. The first-order valence-electron chi connectivity index (χ1n) is 6.89. The van der Waals surface area contributed by atoms with E-state index in [1.165, 1.54) is 0 Å². The molecule has 0 saturated carbocycles. The Morgan fingerprint density at radius 2 is 1.73 bits per heavy atom. The maximum absolute atomic E-state index is 11.8. The van der Waals surface area contributed by atoms with Crippen LogP contribution in [0.3, 0.4) is 0 Å². The van der Waals surface area contributed by atoms with Crippen molar-refractivity contribution in [2.45, 2.75) is 13.1 Å². The maximum atomic E-state index is 11.8. The highest BCUT2D eigenvalue weighted by atomic mass is 16.7. The molecule has 0 spiro atoms. The predicted molar refractivity (Wildman–Crippen MR) is 79.7 cm³/mol. The standard InChI is InChI=1S/C16H16N2O4/c19-13-3-1-2-11(6-13)8-17-16(20)18-9-12-4-5-14-15(7-12)22-10-21-14/h1-7,19H,8-10H2,(H2,17,18,20). The van der Waals surface area contributed by atoms with Crippen LogP contribution in [-0.4, -0.2) is 17.9 Å². The van der Waals surface area contributed by atoms with Gasteiger partial charge in [0.15, 0.2) is 11.5 Å². The van der Waals surface area contributed by atoms with Crippen LogP contribution < -0.4 is 20.1 Å². The molecule has 0 unspecified atom stereocenters. The second kappa shape index (κ2) is 6.26. The number of phenolic OH excluding ortho intramolecular Hbond substituents is 1. The first kappa shape index (κ1) is 14.1. The van der Waals surface area contributed by atoms with Crippen molar-refractivity contribution in [1.82, 2.24) is 10.6 Å². The number of fused-ring (bicyclic) bond motifs is 1. The van der Waals surface area contributed by atoms with Gasteiger partial charge in [-0.2, -0.15) is 0 Å². The van der Waals surface area contributed by atoms with Crippen LogP contribution in [-0.2, 0) is 13.1 Å². The summed E-state index contributed by atoms with van der Waals surface area (Å²) in [5.74, 6) is 1.59. The zero-order valence-electron chi connectivity index (χ0n) is 11.8. The summed E-state index contributed by atoms with van der Waals surface area (Å²) in [6.07, 6.45) is 0. The van der Waals surface area contributed by atoms with Gasteiger partial charge in [0.25, 0.3) is 0 Å². The van der Waals surface area contributed by atoms with Gasteiger partial charge in [0, 0.05) is 13.1 Å². The van der Waals surface area contributed by atoms with E-state index in [1.54, 1.807) is 18.2 Å². The van der Waals surface area contributed by atoms with E-state index >= 15 is 0 Å². The van der Waals surface area contributed by atoms with Gasteiger partial charge in [-0.25, -0.2) is 4.79 Å². The molecule has 22 heavy (non-hydrogen) atoms. The minimum absolute atomic E-state index is 0.181. The lowest BCUT2D eigenvalue weighted by Gasteiger charge is -2.08. The second-order valence-corrected chi connectivity index (χ2v) is 4.89. The minimum Gasteiger partial charge on any atom is -0.508 e. The molecule has 6 heteroatoms. The van der Waals surface area contributed by atoms with Crippen molar-refractivity contribution in [1.29, 1.82) is 0 Å². The Hall–Kier alpha value is -2.89. The molecule has 0 radical (unpaired) electrons. The number of nitrogens with one attached hydrogen (secondary N) is 2. The zero-order valence-corrected chi connectivity index (χ0v) is 11.8. The number of aromatic hydroxyl groups is 1. The molecular formula is C16H16N2O4. The molecule has 2 aromatic carbocycles. The largest absolute Gasteiger partial charge is 0.508 e. The van der Waals surface area contributed by atoms with E-state index in [0.29, 0.717) is 18.8 Å². The Morgan fingerprint density at radius 3 is 2.50 bits per heavy atom. The third kappa shape index (κ3) is 3.41. The molecule has 1 aliphatic rings. The molecule has 0 saturated heterocycles. The van der Waals surface area contributed by atoms with E-state index < -0.39 is 0 Å². The van der Waals surface area contributed by atoms with Crippen LogP contribution >= 0.6 is 0 Å². The van der Waals surface area contributed by atoms with Crippen LogP contribution in [0.1, 0.15) is 11.1 Å². The highest BCUT2D eigenvalue weighted by Crippen LogP contribution is 2.32. The van der Waals surface area contributed by atoms with E-state index in [0.717, 1.165) is 16.9 Å². The number of rotatable bonds is 4. The fraction of sp³-hybridized carbons (Fsp3) is 0.188. The third-order valence-electron chi connectivity index (χ3n) is 3.25. The molecule has 2 aromatic rings. The Labute approximate surface area is 127 Å². The van der Waals surface area contributed by atoms with E-state index in [-0.39, 0.29) is 18.6 Å². The summed E-state index contributed by atoms with van der Waals surface area (Å²) in [6.45, 7) is 0.973. The number of benzene rings is 2. The summed E-state index contributed by atoms with van der Waals surface area (Å²) >= 11 is 0. The van der Waals surface area contributed by atoms with E-state index in [9.17, 15) is 9.90 Å². The average Bonchev–Trinajstić information content (AvgIpc) is 2.98. The van der Waals surface area contributed by atoms with Gasteiger partial charge in [-0.15, -0.1) is 0 Å². The molecular weight excluding hydrogens is 284 g/mol. The van der Waals surface area contributed by atoms with Gasteiger partial charge in [0.1, 0.15) is 5.75 Å². The number of hydrogen-bond acceptors (Lipinski definition) is 4. The Kier molecular flexibility index (Phi) is 4.00. The van der Waals surface area contributed by atoms with Gasteiger partial charge < -0.3 is 25.2 Å². The van der Waals surface area contributed by atoms with Crippen LogP contribution in [0.2, 0.25) is 0 Å². The first-order chi connectivity index (χ1) is 10.7. The molecule has 0 fully saturated rings. The molecule has 0 bridgehead atoms. The normalized spacial score (nSPS) is 12.0. The van der Waals surface area contributed by atoms with Crippen molar-refractivity contribution in [3.8, 4) is 17.2 Å². The molecule has 3 N–H and O–H groups in total. The fourth-order valence-corrected chi connectivity index (χ4v) is 2.14. The molecule has 0 aromatic heterocycles. The summed E-state index contributed by atoms with van der Waals surface area (Å²) < 4.78 is 10.5. The molecule has 2 amide bonds. The number of carbonyl (C=O) groups is 1. The summed E-state index contributed by atoms with van der Waals surface area (Å²) in [6, 6.07) is 12.0. The van der Waals surface area contributed by atoms with Gasteiger partial charge >= 0.3 is 6.03 Å². The molecule has 6 nitrogen and oxygen atoms in total. The summed E-state index contributed by atoms with van der Waals surface area (Å²) in [5, 5.41) is 14.9. The number of hydrogen-bond donors (Lipinski definition) is 3. The highest BCUT2D eigenvalue weighted by molar-refractivity contribution is 5.73. The SMILES string of the molecule is O=C(NCc1cccc(O)c1)NCc1ccc2c(c1)OCO2. The Bertz CT molecular complexity index is 688. The lowest BCUT2D eigenvalue weighted by molar-refractivity contribution is 0.174. The fourth-order valence-electron chi connectivity index (χ4n) is 2.14. The Balaban J connectivity index is 1.48. The van der Waals surface area contributed by atoms with Crippen LogP contribution in [0.4, 0.5) is 4.79 Å². The predicted octanol–water partition coefficient (Wildman–Crippen LogP) is 2.12. The van der Waals surface area contributed by atoms with Crippen molar-refractivity contribution in [3.05, 3.63) is 53.6 Å².